The van der Waals surface area contributed by atoms with E-state index in [4.69, 9.17) is 0 Å². The Morgan fingerprint density at radius 2 is 2.00 bits per heavy atom. The maximum atomic E-state index is 11.4. The van der Waals surface area contributed by atoms with Gasteiger partial charge in [0.25, 0.3) is 0 Å². The van der Waals surface area contributed by atoms with Crippen molar-refractivity contribution in [3.05, 3.63) is 24.3 Å². The van der Waals surface area contributed by atoms with Gasteiger partial charge in [-0.15, -0.1) is 0 Å². The van der Waals surface area contributed by atoms with Crippen LogP contribution in [0.3, 0.4) is 0 Å². The van der Waals surface area contributed by atoms with Gasteiger partial charge in [0.15, 0.2) is 0 Å². The smallest absolute Gasteiger partial charge is 0.224 e. The number of hydrogen-bond acceptors (Lipinski definition) is 2. The van der Waals surface area contributed by atoms with Crippen LogP contribution in [0.5, 0.6) is 0 Å². The average molecular weight is 274 g/mol. The molecule has 110 valence electrons. The molecule has 3 heteroatoms. The minimum absolute atomic E-state index is 0.0606. The lowest BCUT2D eigenvalue weighted by Crippen LogP contribution is -2.18. The topological polar surface area (TPSA) is 41.1 Å². The fourth-order valence-corrected chi connectivity index (χ4v) is 2.80. The molecule has 20 heavy (non-hydrogen) atoms. The molecule has 0 aromatic heterocycles. The quantitative estimate of drug-likeness (QED) is 0.798. The molecular formula is C17H26N2O. The molecule has 1 aromatic carbocycles. The van der Waals surface area contributed by atoms with Crippen molar-refractivity contribution < 1.29 is 4.79 Å². The van der Waals surface area contributed by atoms with Crippen molar-refractivity contribution in [1.29, 1.82) is 0 Å². The summed E-state index contributed by atoms with van der Waals surface area (Å²) >= 11 is 0. The molecule has 1 saturated carbocycles. The lowest BCUT2D eigenvalue weighted by molar-refractivity contribution is -0.115. The molecule has 2 atom stereocenters. The van der Waals surface area contributed by atoms with E-state index in [1.54, 1.807) is 0 Å². The summed E-state index contributed by atoms with van der Waals surface area (Å²) < 4.78 is 0. The summed E-state index contributed by atoms with van der Waals surface area (Å²) in [6, 6.07) is 8.61. The van der Waals surface area contributed by atoms with Gasteiger partial charge in [0.05, 0.1) is 0 Å². The van der Waals surface area contributed by atoms with Crippen LogP contribution in [0.2, 0.25) is 0 Å². The third-order valence-corrected chi connectivity index (χ3v) is 4.10. The summed E-state index contributed by atoms with van der Waals surface area (Å²) in [4.78, 5) is 11.4. The van der Waals surface area contributed by atoms with Crippen LogP contribution in [0, 0.1) is 5.92 Å². The van der Waals surface area contributed by atoms with Crippen molar-refractivity contribution in [3.63, 3.8) is 0 Å². The first-order chi connectivity index (χ1) is 9.67. The molecule has 0 heterocycles. The van der Waals surface area contributed by atoms with Crippen LogP contribution >= 0.6 is 0 Å². The van der Waals surface area contributed by atoms with Crippen molar-refractivity contribution in [1.82, 2.24) is 0 Å². The second kappa shape index (κ2) is 7.32. The zero-order valence-corrected chi connectivity index (χ0v) is 12.6. The monoisotopic (exact) mass is 274 g/mol. The molecule has 2 unspecified atom stereocenters. The van der Waals surface area contributed by atoms with Gasteiger partial charge in [-0.05, 0) is 43.4 Å². The van der Waals surface area contributed by atoms with E-state index in [1.807, 2.05) is 25.1 Å². The lowest BCUT2D eigenvalue weighted by atomic mass is 10.0. The van der Waals surface area contributed by atoms with Crippen LogP contribution in [-0.4, -0.2) is 11.9 Å². The highest BCUT2D eigenvalue weighted by Crippen LogP contribution is 2.25. The van der Waals surface area contributed by atoms with E-state index in [0.717, 1.165) is 17.3 Å². The van der Waals surface area contributed by atoms with Gasteiger partial charge in [-0.2, -0.15) is 0 Å². The number of benzene rings is 1. The fourth-order valence-electron chi connectivity index (χ4n) is 2.80. The second-order valence-corrected chi connectivity index (χ2v) is 5.94. The summed E-state index contributed by atoms with van der Waals surface area (Å²) in [5.74, 6) is 0.919. The zero-order valence-electron chi connectivity index (χ0n) is 12.6. The lowest BCUT2D eigenvalue weighted by Gasteiger charge is -2.18. The Morgan fingerprint density at radius 1 is 1.20 bits per heavy atom. The Bertz CT molecular complexity index is 444. The van der Waals surface area contributed by atoms with Gasteiger partial charge in [0.1, 0.15) is 0 Å². The summed E-state index contributed by atoms with van der Waals surface area (Å²) in [7, 11) is 0. The van der Waals surface area contributed by atoms with E-state index in [2.05, 4.69) is 23.6 Å². The van der Waals surface area contributed by atoms with Gasteiger partial charge in [-0.3, -0.25) is 4.79 Å². The summed E-state index contributed by atoms with van der Waals surface area (Å²) in [6.45, 7) is 4.22. The van der Waals surface area contributed by atoms with Crippen molar-refractivity contribution in [2.45, 2.75) is 58.4 Å². The standard InChI is InChI=1S/C17H26N2O/c1-3-17(20)19-16-9-5-8-15(12-16)18-14-7-4-6-13(2)10-11-14/h5,8-9,12-14,18H,3-4,6-7,10-11H2,1-2H3,(H,19,20). The van der Waals surface area contributed by atoms with E-state index >= 15 is 0 Å². The van der Waals surface area contributed by atoms with E-state index < -0.39 is 0 Å². The van der Waals surface area contributed by atoms with Crippen molar-refractivity contribution in [2.75, 3.05) is 10.6 Å². The van der Waals surface area contributed by atoms with Gasteiger partial charge < -0.3 is 10.6 Å². The number of anilines is 2. The number of nitrogens with one attached hydrogen (secondary N) is 2. The fraction of sp³-hybridized carbons (Fsp3) is 0.588. The van der Waals surface area contributed by atoms with Crippen LogP contribution in [0.1, 0.15) is 52.4 Å². The highest BCUT2D eigenvalue weighted by molar-refractivity contribution is 5.90. The van der Waals surface area contributed by atoms with E-state index in [0.29, 0.717) is 12.5 Å². The maximum Gasteiger partial charge on any atom is 0.224 e. The zero-order chi connectivity index (χ0) is 14.4. The molecule has 1 aliphatic carbocycles. The number of hydrogen-bond donors (Lipinski definition) is 2. The highest BCUT2D eigenvalue weighted by atomic mass is 16.1. The van der Waals surface area contributed by atoms with Crippen LogP contribution in [0.25, 0.3) is 0 Å². The number of amides is 1. The predicted molar refractivity (Wildman–Crippen MR) is 85.0 cm³/mol. The third kappa shape index (κ3) is 4.55. The molecule has 3 nitrogen and oxygen atoms in total. The molecule has 0 aliphatic heterocycles. The van der Waals surface area contributed by atoms with Crippen molar-refractivity contribution in [3.8, 4) is 0 Å². The van der Waals surface area contributed by atoms with Gasteiger partial charge in [-0.1, -0.05) is 32.8 Å². The molecule has 0 saturated heterocycles. The molecule has 1 aliphatic rings. The Kier molecular flexibility index (Phi) is 5.45. The first-order valence-electron chi connectivity index (χ1n) is 7.84. The molecule has 1 aromatic rings. The number of rotatable bonds is 4. The first-order valence-corrected chi connectivity index (χ1v) is 7.84. The number of carbonyl (C=O) groups excluding carboxylic acids is 1. The Labute approximate surface area is 122 Å². The van der Waals surface area contributed by atoms with Gasteiger partial charge in [-0.25, -0.2) is 0 Å². The first kappa shape index (κ1) is 14.9. The van der Waals surface area contributed by atoms with Crippen molar-refractivity contribution in [2.24, 2.45) is 5.92 Å². The van der Waals surface area contributed by atoms with Gasteiger partial charge in [0.2, 0.25) is 5.91 Å². The molecule has 1 amide bonds. The highest BCUT2D eigenvalue weighted by Gasteiger charge is 2.15. The summed E-state index contributed by atoms with van der Waals surface area (Å²) in [5.41, 5.74) is 1.99. The number of carbonyl (C=O) groups is 1. The molecule has 1 fully saturated rings. The van der Waals surface area contributed by atoms with E-state index in [1.165, 1.54) is 32.1 Å². The Hall–Kier alpha value is -1.51. The van der Waals surface area contributed by atoms with Crippen LogP contribution in [0.15, 0.2) is 24.3 Å². The summed E-state index contributed by atoms with van der Waals surface area (Å²) in [5, 5.41) is 6.53. The SMILES string of the molecule is CCC(=O)Nc1cccc(NC2CCCC(C)CC2)c1. The molecular weight excluding hydrogens is 248 g/mol. The normalized spacial score (nSPS) is 22.9. The average Bonchev–Trinajstić information content (AvgIpc) is 2.64. The minimum Gasteiger partial charge on any atom is -0.382 e. The molecule has 0 radical (unpaired) electrons. The second-order valence-electron chi connectivity index (χ2n) is 5.94. The minimum atomic E-state index is 0.0606. The van der Waals surface area contributed by atoms with E-state index in [-0.39, 0.29) is 5.91 Å². The van der Waals surface area contributed by atoms with Gasteiger partial charge >= 0.3 is 0 Å². The van der Waals surface area contributed by atoms with Crippen LogP contribution in [-0.2, 0) is 4.79 Å². The summed E-state index contributed by atoms with van der Waals surface area (Å²) in [6.07, 6.45) is 6.97. The van der Waals surface area contributed by atoms with Crippen LogP contribution < -0.4 is 10.6 Å². The Balaban J connectivity index is 1.95. The molecule has 2 rings (SSSR count). The molecule has 2 N–H and O–H groups in total. The van der Waals surface area contributed by atoms with Crippen molar-refractivity contribution >= 4 is 17.3 Å². The molecule has 0 bridgehead atoms. The largest absolute Gasteiger partial charge is 0.382 e. The Morgan fingerprint density at radius 3 is 2.80 bits per heavy atom. The third-order valence-electron chi connectivity index (χ3n) is 4.10. The predicted octanol–water partition coefficient (Wildman–Crippen LogP) is 4.42. The van der Waals surface area contributed by atoms with Crippen LogP contribution in [0.4, 0.5) is 11.4 Å². The van der Waals surface area contributed by atoms with E-state index in [9.17, 15) is 4.79 Å². The van der Waals surface area contributed by atoms with Gasteiger partial charge in [0, 0.05) is 23.8 Å². The molecule has 0 spiro atoms. The maximum absolute atomic E-state index is 11.4.